The third kappa shape index (κ3) is 7.46. The van der Waals surface area contributed by atoms with E-state index in [0.717, 1.165) is 0 Å². The van der Waals surface area contributed by atoms with Gasteiger partial charge in [-0.25, -0.2) is 4.79 Å². The summed E-state index contributed by atoms with van der Waals surface area (Å²) in [6.45, 7) is 7.53. The number of ether oxygens (including phenoxy) is 2. The first kappa shape index (κ1) is 18.7. The molecule has 0 aliphatic rings. The fraction of sp³-hybridized carbons (Fsp3) is 0.400. The Hall–Kier alpha value is -2.35. The minimum atomic E-state index is -1.66. The van der Waals surface area contributed by atoms with Crippen LogP contribution in [0.2, 0.25) is 19.6 Å². The van der Waals surface area contributed by atoms with Gasteiger partial charge in [-0.1, -0.05) is 12.1 Å². The second kappa shape index (κ2) is 8.32. The normalized spacial score (nSPS) is 12.7. The second-order valence-electron chi connectivity index (χ2n) is 5.81. The van der Waals surface area contributed by atoms with Crippen molar-refractivity contribution in [1.82, 2.24) is 0 Å². The number of benzene rings is 1. The molecule has 0 heterocycles. The van der Waals surface area contributed by atoms with Gasteiger partial charge in [0, 0.05) is 6.07 Å². The third-order valence-electron chi connectivity index (χ3n) is 2.59. The van der Waals surface area contributed by atoms with E-state index < -0.39 is 25.5 Å². The van der Waals surface area contributed by atoms with Gasteiger partial charge in [0.2, 0.25) is 8.32 Å². The van der Waals surface area contributed by atoms with E-state index >= 15 is 0 Å². The van der Waals surface area contributed by atoms with Crippen molar-refractivity contribution in [2.75, 3.05) is 0 Å². The van der Waals surface area contributed by atoms with Crippen LogP contribution < -0.4 is 0 Å². The molecule has 0 bridgehead atoms. The van der Waals surface area contributed by atoms with E-state index in [0.29, 0.717) is 5.56 Å². The number of nitro groups is 1. The Morgan fingerprint density at radius 2 is 2.00 bits per heavy atom. The van der Waals surface area contributed by atoms with Gasteiger partial charge < -0.3 is 13.9 Å². The minimum Gasteiger partial charge on any atom is -0.550 e. The molecule has 0 aliphatic carbocycles. The summed E-state index contributed by atoms with van der Waals surface area (Å²) >= 11 is 0. The Kier molecular flexibility index (Phi) is 6.77. The highest BCUT2D eigenvalue weighted by molar-refractivity contribution is 6.69. The molecule has 126 valence electrons. The maximum Gasteiger partial charge on any atom is 0.509 e. The Morgan fingerprint density at radius 1 is 1.35 bits per heavy atom. The zero-order chi connectivity index (χ0) is 17.5. The molecule has 7 nitrogen and oxygen atoms in total. The van der Waals surface area contributed by atoms with E-state index in [1.165, 1.54) is 18.4 Å². The fourth-order valence-electron chi connectivity index (χ4n) is 1.53. The number of carbonyl (C=O) groups excluding carboxylic acids is 1. The van der Waals surface area contributed by atoms with Gasteiger partial charge in [0.25, 0.3) is 5.69 Å². The fourth-order valence-corrected chi connectivity index (χ4v) is 2.01. The zero-order valence-corrected chi connectivity index (χ0v) is 14.6. The van der Waals surface area contributed by atoms with E-state index in [2.05, 4.69) is 0 Å². The van der Waals surface area contributed by atoms with Crippen molar-refractivity contribution >= 4 is 20.2 Å². The lowest BCUT2D eigenvalue weighted by Gasteiger charge is -2.15. The quantitative estimate of drug-likeness (QED) is 0.245. The van der Waals surface area contributed by atoms with E-state index in [9.17, 15) is 14.9 Å². The van der Waals surface area contributed by atoms with Gasteiger partial charge in [-0.15, -0.1) is 0 Å². The molecule has 1 aromatic rings. The molecular formula is C15H21NO6Si. The Labute approximate surface area is 136 Å². The molecule has 0 saturated heterocycles. The van der Waals surface area contributed by atoms with Gasteiger partial charge in [0.05, 0.1) is 16.7 Å². The lowest BCUT2D eigenvalue weighted by Crippen LogP contribution is -2.22. The van der Waals surface area contributed by atoms with Crippen LogP contribution in [-0.2, 0) is 20.5 Å². The molecule has 0 aromatic heterocycles. The predicted octanol–water partition coefficient (Wildman–Crippen LogP) is 4.00. The molecular weight excluding hydrogens is 318 g/mol. The maximum atomic E-state index is 11.6. The number of carbonyl (C=O) groups is 1. The molecule has 0 amide bonds. The number of hydrogen-bond acceptors (Lipinski definition) is 6. The van der Waals surface area contributed by atoms with E-state index in [4.69, 9.17) is 13.9 Å². The third-order valence-corrected chi connectivity index (χ3v) is 3.43. The summed E-state index contributed by atoms with van der Waals surface area (Å²) in [4.78, 5) is 21.9. The Bertz CT molecular complexity index is 582. The first-order chi connectivity index (χ1) is 10.7. The summed E-state index contributed by atoms with van der Waals surface area (Å²) < 4.78 is 15.4. The van der Waals surface area contributed by atoms with Crippen LogP contribution in [0.4, 0.5) is 10.5 Å². The highest BCUT2D eigenvalue weighted by Gasteiger charge is 2.16. The number of nitro benzene ring substituents is 1. The molecule has 0 N–H and O–H groups in total. The minimum absolute atomic E-state index is 0.100. The summed E-state index contributed by atoms with van der Waals surface area (Å²) in [7, 11) is -1.66. The van der Waals surface area contributed by atoms with Crippen LogP contribution in [0.15, 0.2) is 36.6 Å². The van der Waals surface area contributed by atoms with Gasteiger partial charge in [0.1, 0.15) is 12.7 Å². The molecule has 0 saturated carbocycles. The molecule has 0 aliphatic heterocycles. The van der Waals surface area contributed by atoms with Crippen LogP contribution >= 0.6 is 0 Å². The van der Waals surface area contributed by atoms with E-state index in [1.807, 2.05) is 19.6 Å². The zero-order valence-electron chi connectivity index (χ0n) is 13.6. The molecule has 0 spiro atoms. The summed E-state index contributed by atoms with van der Waals surface area (Å²) in [6.07, 6.45) is 1.70. The van der Waals surface area contributed by atoms with Crippen LogP contribution in [0.5, 0.6) is 0 Å². The van der Waals surface area contributed by atoms with Gasteiger partial charge in [-0.3, -0.25) is 10.1 Å². The van der Waals surface area contributed by atoms with Crippen molar-refractivity contribution in [3.8, 4) is 0 Å². The van der Waals surface area contributed by atoms with E-state index in [1.54, 1.807) is 25.1 Å². The van der Waals surface area contributed by atoms with Crippen molar-refractivity contribution in [2.45, 2.75) is 39.3 Å². The molecule has 0 radical (unpaired) electrons. The first-order valence-electron chi connectivity index (χ1n) is 7.09. The van der Waals surface area contributed by atoms with Gasteiger partial charge >= 0.3 is 6.16 Å². The summed E-state index contributed by atoms with van der Waals surface area (Å²) in [5.41, 5.74) is 0.205. The molecule has 23 heavy (non-hydrogen) atoms. The van der Waals surface area contributed by atoms with Crippen molar-refractivity contribution in [1.29, 1.82) is 0 Å². The maximum absolute atomic E-state index is 11.6. The SMILES string of the molecule is CC(C=CO[Si](C)(C)C)OC(=O)OCc1ccccc1[N+](=O)[O-]. The van der Waals surface area contributed by atoms with Crippen LogP contribution in [0.1, 0.15) is 12.5 Å². The average molecular weight is 339 g/mol. The largest absolute Gasteiger partial charge is 0.550 e. The molecule has 1 rings (SSSR count). The van der Waals surface area contributed by atoms with Gasteiger partial charge in [0.15, 0.2) is 0 Å². The molecule has 1 unspecified atom stereocenters. The Balaban J connectivity index is 2.47. The van der Waals surface area contributed by atoms with E-state index in [-0.39, 0.29) is 12.3 Å². The number of hydrogen-bond donors (Lipinski definition) is 0. The topological polar surface area (TPSA) is 87.9 Å². The van der Waals surface area contributed by atoms with Crippen LogP contribution in [0.25, 0.3) is 0 Å². The summed E-state index contributed by atoms with van der Waals surface area (Å²) in [5.74, 6) is 0. The van der Waals surface area contributed by atoms with Crippen molar-refractivity contribution in [3.63, 3.8) is 0 Å². The Morgan fingerprint density at radius 3 is 2.61 bits per heavy atom. The highest BCUT2D eigenvalue weighted by atomic mass is 28.4. The molecule has 1 aromatic carbocycles. The molecule has 0 fully saturated rings. The lowest BCUT2D eigenvalue weighted by atomic mass is 10.2. The van der Waals surface area contributed by atoms with Crippen molar-refractivity contribution in [2.24, 2.45) is 0 Å². The number of rotatable bonds is 7. The summed E-state index contributed by atoms with van der Waals surface area (Å²) in [6, 6.07) is 6.06. The second-order valence-corrected chi connectivity index (χ2v) is 10.3. The predicted molar refractivity (Wildman–Crippen MR) is 87.4 cm³/mol. The first-order valence-corrected chi connectivity index (χ1v) is 10.5. The monoisotopic (exact) mass is 339 g/mol. The van der Waals surface area contributed by atoms with Gasteiger partial charge in [-0.05, 0) is 38.7 Å². The average Bonchev–Trinajstić information content (AvgIpc) is 2.43. The molecule has 8 heteroatoms. The van der Waals surface area contributed by atoms with Crippen LogP contribution in [0, 0.1) is 10.1 Å². The molecule has 1 atom stereocenters. The smallest absolute Gasteiger partial charge is 0.509 e. The van der Waals surface area contributed by atoms with Crippen molar-refractivity contribution in [3.05, 3.63) is 52.3 Å². The number of nitrogens with zero attached hydrogens (tertiary/aromatic N) is 1. The van der Waals surface area contributed by atoms with Crippen molar-refractivity contribution < 1.29 is 23.6 Å². The van der Waals surface area contributed by atoms with Crippen LogP contribution in [0.3, 0.4) is 0 Å². The standard InChI is InChI=1S/C15H21NO6Si/c1-12(9-10-21-23(2,3)4)22-15(17)20-11-13-7-5-6-8-14(13)16(18)19/h5-10,12H,11H2,1-4H3. The van der Waals surface area contributed by atoms with Crippen LogP contribution in [-0.4, -0.2) is 25.5 Å². The number of para-hydroxylation sites is 1. The lowest BCUT2D eigenvalue weighted by molar-refractivity contribution is -0.385. The highest BCUT2D eigenvalue weighted by Crippen LogP contribution is 2.18. The van der Waals surface area contributed by atoms with Gasteiger partial charge in [-0.2, -0.15) is 0 Å². The summed E-state index contributed by atoms with van der Waals surface area (Å²) in [5, 5.41) is 10.9.